The average Bonchev–Trinajstić information content (AvgIpc) is 2.71. The lowest BCUT2D eigenvalue weighted by Crippen LogP contribution is -2.46. The molecule has 0 atom stereocenters. The minimum atomic E-state index is -0.220. The fourth-order valence-electron chi connectivity index (χ4n) is 3.24. The number of hydrogen-bond acceptors (Lipinski definition) is 7. The minimum Gasteiger partial charge on any atom is -0.369 e. The van der Waals surface area contributed by atoms with E-state index in [2.05, 4.69) is 30.1 Å². The molecule has 1 saturated heterocycles. The monoisotopic (exact) mass is 413 g/mol. The van der Waals surface area contributed by atoms with Crippen LogP contribution in [0.3, 0.4) is 0 Å². The largest absolute Gasteiger partial charge is 0.369 e. The zero-order chi connectivity index (χ0) is 20.2. The van der Waals surface area contributed by atoms with Gasteiger partial charge in [-0.25, -0.2) is 4.39 Å². The van der Waals surface area contributed by atoms with E-state index in [0.717, 1.165) is 37.6 Å². The quantitative estimate of drug-likeness (QED) is 0.663. The summed E-state index contributed by atoms with van der Waals surface area (Å²) in [4.78, 5) is 17.4. The van der Waals surface area contributed by atoms with Crippen LogP contribution in [0.2, 0.25) is 5.02 Å². The third-order valence-electron chi connectivity index (χ3n) is 4.73. The van der Waals surface area contributed by atoms with Crippen molar-refractivity contribution in [3.63, 3.8) is 0 Å². The van der Waals surface area contributed by atoms with E-state index in [0.29, 0.717) is 23.3 Å². The van der Waals surface area contributed by atoms with Crippen LogP contribution in [0, 0.1) is 5.82 Å². The van der Waals surface area contributed by atoms with Crippen LogP contribution < -0.4 is 16.0 Å². The van der Waals surface area contributed by atoms with Gasteiger partial charge in [0.25, 0.3) is 0 Å². The predicted molar refractivity (Wildman–Crippen MR) is 113 cm³/mol. The van der Waals surface area contributed by atoms with Crippen molar-refractivity contribution in [3.05, 3.63) is 65.2 Å². The Morgan fingerprint density at radius 1 is 0.931 bits per heavy atom. The van der Waals surface area contributed by atoms with Gasteiger partial charge in [-0.2, -0.15) is 15.0 Å². The van der Waals surface area contributed by atoms with Gasteiger partial charge in [-0.1, -0.05) is 11.6 Å². The summed E-state index contributed by atoms with van der Waals surface area (Å²) in [7, 11) is 0. The van der Waals surface area contributed by atoms with Crippen LogP contribution in [0.25, 0.3) is 0 Å². The number of aromatic nitrogens is 3. The SMILES string of the molecule is Nc1nc(CN2CCN(c3ccc(F)cc3)CC2)nc(Nc2ccc(Cl)cc2)n1. The zero-order valence-electron chi connectivity index (χ0n) is 15.7. The van der Waals surface area contributed by atoms with Crippen LogP contribution in [0.5, 0.6) is 0 Å². The highest BCUT2D eigenvalue weighted by Crippen LogP contribution is 2.19. The third-order valence-corrected chi connectivity index (χ3v) is 4.98. The molecule has 3 aromatic rings. The van der Waals surface area contributed by atoms with Crippen molar-refractivity contribution in [1.82, 2.24) is 19.9 Å². The molecule has 0 bridgehead atoms. The van der Waals surface area contributed by atoms with E-state index in [9.17, 15) is 4.39 Å². The molecule has 1 aliphatic rings. The molecule has 0 spiro atoms. The summed E-state index contributed by atoms with van der Waals surface area (Å²) in [6, 6.07) is 13.9. The highest BCUT2D eigenvalue weighted by Gasteiger charge is 2.19. The first-order chi connectivity index (χ1) is 14.0. The standard InChI is InChI=1S/C20H21ClFN7/c21-14-1-5-16(6-2-14)24-20-26-18(25-19(23)27-20)13-28-9-11-29(12-10-28)17-7-3-15(22)4-8-17/h1-8H,9-13H2,(H3,23,24,25,26,27). The van der Waals surface area contributed by atoms with E-state index in [1.807, 2.05) is 24.3 Å². The van der Waals surface area contributed by atoms with Crippen molar-refractivity contribution in [1.29, 1.82) is 0 Å². The van der Waals surface area contributed by atoms with Crippen molar-refractivity contribution >= 4 is 34.9 Å². The van der Waals surface area contributed by atoms with Crippen molar-refractivity contribution < 1.29 is 4.39 Å². The lowest BCUT2D eigenvalue weighted by Gasteiger charge is -2.35. The van der Waals surface area contributed by atoms with Crippen LogP contribution in [-0.2, 0) is 6.54 Å². The summed E-state index contributed by atoms with van der Waals surface area (Å²) in [5.74, 6) is 0.975. The zero-order valence-corrected chi connectivity index (χ0v) is 16.5. The molecule has 0 amide bonds. The number of rotatable bonds is 5. The van der Waals surface area contributed by atoms with Crippen LogP contribution in [0.1, 0.15) is 5.82 Å². The number of benzene rings is 2. The smallest absolute Gasteiger partial charge is 0.232 e. The summed E-state index contributed by atoms with van der Waals surface area (Å²) in [5.41, 5.74) is 7.72. The fraction of sp³-hybridized carbons (Fsp3) is 0.250. The number of nitrogens with zero attached hydrogens (tertiary/aromatic N) is 5. The number of nitrogens with two attached hydrogens (primary N) is 1. The molecule has 7 nitrogen and oxygen atoms in total. The Bertz CT molecular complexity index is 958. The second kappa shape index (κ2) is 8.59. The maximum atomic E-state index is 13.1. The molecule has 4 rings (SSSR count). The topological polar surface area (TPSA) is 83.2 Å². The van der Waals surface area contributed by atoms with Gasteiger partial charge in [0.1, 0.15) is 11.6 Å². The lowest BCUT2D eigenvalue weighted by molar-refractivity contribution is 0.244. The highest BCUT2D eigenvalue weighted by atomic mass is 35.5. The number of piperazine rings is 1. The third kappa shape index (κ3) is 5.10. The normalized spacial score (nSPS) is 14.8. The van der Waals surface area contributed by atoms with Gasteiger partial charge in [0.2, 0.25) is 11.9 Å². The van der Waals surface area contributed by atoms with Crippen LogP contribution in [0.4, 0.5) is 27.7 Å². The maximum Gasteiger partial charge on any atom is 0.232 e. The van der Waals surface area contributed by atoms with Gasteiger partial charge in [-0.3, -0.25) is 4.90 Å². The molecular weight excluding hydrogens is 393 g/mol. The van der Waals surface area contributed by atoms with Crippen molar-refractivity contribution in [2.45, 2.75) is 6.54 Å². The minimum absolute atomic E-state index is 0.177. The van der Waals surface area contributed by atoms with E-state index >= 15 is 0 Å². The molecule has 1 aromatic heterocycles. The van der Waals surface area contributed by atoms with Crippen LogP contribution in [-0.4, -0.2) is 46.0 Å². The molecule has 0 radical (unpaired) electrons. The Balaban J connectivity index is 1.37. The van der Waals surface area contributed by atoms with E-state index in [4.69, 9.17) is 17.3 Å². The molecule has 29 heavy (non-hydrogen) atoms. The summed E-state index contributed by atoms with van der Waals surface area (Å²) in [5, 5.41) is 3.78. The first-order valence-electron chi connectivity index (χ1n) is 9.31. The van der Waals surface area contributed by atoms with E-state index in [1.165, 1.54) is 12.1 Å². The number of anilines is 4. The van der Waals surface area contributed by atoms with Gasteiger partial charge in [0, 0.05) is 42.6 Å². The second-order valence-electron chi connectivity index (χ2n) is 6.80. The van der Waals surface area contributed by atoms with E-state index in [-0.39, 0.29) is 11.8 Å². The summed E-state index contributed by atoms with van der Waals surface area (Å²) < 4.78 is 13.1. The van der Waals surface area contributed by atoms with Gasteiger partial charge in [0.05, 0.1) is 6.54 Å². The summed E-state index contributed by atoms with van der Waals surface area (Å²) >= 11 is 5.92. The average molecular weight is 414 g/mol. The van der Waals surface area contributed by atoms with Gasteiger partial charge < -0.3 is 16.0 Å². The first kappa shape index (κ1) is 19.4. The molecule has 0 saturated carbocycles. The molecule has 9 heteroatoms. The molecule has 2 aromatic carbocycles. The Hall–Kier alpha value is -2.97. The number of halogens is 2. The molecule has 3 N–H and O–H groups in total. The molecule has 0 aliphatic carbocycles. The molecular formula is C20H21ClFN7. The molecule has 150 valence electrons. The van der Waals surface area contributed by atoms with Gasteiger partial charge in [-0.05, 0) is 48.5 Å². The Morgan fingerprint density at radius 2 is 1.62 bits per heavy atom. The Morgan fingerprint density at radius 3 is 2.31 bits per heavy atom. The van der Waals surface area contributed by atoms with Crippen molar-refractivity contribution in [2.75, 3.05) is 42.1 Å². The van der Waals surface area contributed by atoms with Gasteiger partial charge in [-0.15, -0.1) is 0 Å². The van der Waals surface area contributed by atoms with Crippen LogP contribution in [0.15, 0.2) is 48.5 Å². The first-order valence-corrected chi connectivity index (χ1v) is 9.69. The molecule has 2 heterocycles. The Kier molecular flexibility index (Phi) is 5.73. The highest BCUT2D eigenvalue weighted by molar-refractivity contribution is 6.30. The van der Waals surface area contributed by atoms with Crippen molar-refractivity contribution in [3.8, 4) is 0 Å². The van der Waals surface area contributed by atoms with Gasteiger partial charge in [0.15, 0.2) is 0 Å². The fourth-order valence-corrected chi connectivity index (χ4v) is 3.37. The summed E-state index contributed by atoms with van der Waals surface area (Å²) in [6.45, 7) is 3.98. The number of nitrogens with one attached hydrogen (secondary N) is 1. The van der Waals surface area contributed by atoms with Gasteiger partial charge >= 0.3 is 0 Å². The van der Waals surface area contributed by atoms with E-state index in [1.54, 1.807) is 12.1 Å². The maximum absolute atomic E-state index is 13.1. The number of nitrogen functional groups attached to an aromatic ring is 1. The molecule has 1 aliphatic heterocycles. The predicted octanol–water partition coefficient (Wildman–Crippen LogP) is 3.31. The number of hydrogen-bond donors (Lipinski definition) is 2. The van der Waals surface area contributed by atoms with Crippen molar-refractivity contribution in [2.24, 2.45) is 0 Å². The Labute approximate surface area is 173 Å². The molecule has 1 fully saturated rings. The van der Waals surface area contributed by atoms with E-state index < -0.39 is 0 Å². The molecule has 0 unspecified atom stereocenters. The lowest BCUT2D eigenvalue weighted by atomic mass is 10.2. The van der Waals surface area contributed by atoms with Crippen LogP contribution >= 0.6 is 11.6 Å². The summed E-state index contributed by atoms with van der Waals surface area (Å²) in [6.07, 6.45) is 0. The second-order valence-corrected chi connectivity index (χ2v) is 7.24.